The molecule has 0 aromatic heterocycles. The van der Waals surface area contributed by atoms with Gasteiger partial charge in [0.25, 0.3) is 0 Å². The van der Waals surface area contributed by atoms with Crippen molar-refractivity contribution in [1.29, 1.82) is 0 Å². The molecule has 4 heteroatoms. The van der Waals surface area contributed by atoms with Gasteiger partial charge in [0.1, 0.15) is 11.6 Å². The first-order valence-electron chi connectivity index (χ1n) is 6.76. The number of aromatic hydroxyl groups is 1. The topological polar surface area (TPSA) is 56.6 Å². The van der Waals surface area contributed by atoms with Gasteiger partial charge in [0.05, 0.1) is 0 Å². The van der Waals surface area contributed by atoms with Gasteiger partial charge in [-0.1, -0.05) is 6.07 Å². The molecule has 0 saturated heterocycles. The molecule has 3 N–H and O–H groups in total. The first-order valence-corrected chi connectivity index (χ1v) is 6.76. The number of nitrogens with one attached hydrogen (secondary N) is 2. The number of hydrogen-bond acceptors (Lipinski definition) is 4. The molecule has 0 saturated carbocycles. The minimum absolute atomic E-state index is 0.257. The van der Waals surface area contributed by atoms with Crippen LogP contribution < -0.4 is 10.6 Å². The highest BCUT2D eigenvalue weighted by Crippen LogP contribution is 2.21. The maximum absolute atomic E-state index is 9.44. The molecule has 0 unspecified atom stereocenters. The second-order valence-corrected chi connectivity index (χ2v) is 4.76. The van der Waals surface area contributed by atoms with Crippen LogP contribution in [0.15, 0.2) is 53.5 Å². The van der Waals surface area contributed by atoms with E-state index in [1.165, 1.54) is 0 Å². The third kappa shape index (κ3) is 2.91. The lowest BCUT2D eigenvalue weighted by molar-refractivity contribution is 0.475. The molecule has 0 radical (unpaired) electrons. The largest absolute Gasteiger partial charge is 0.508 e. The fourth-order valence-electron chi connectivity index (χ4n) is 2.19. The molecule has 0 spiro atoms. The van der Waals surface area contributed by atoms with Gasteiger partial charge in [0, 0.05) is 36.1 Å². The molecule has 4 nitrogen and oxygen atoms in total. The monoisotopic (exact) mass is 267 g/mol. The smallest absolute Gasteiger partial charge is 0.128 e. The first-order chi connectivity index (χ1) is 9.81. The summed E-state index contributed by atoms with van der Waals surface area (Å²) in [6, 6.07) is 15.2. The Bertz CT molecular complexity index is 620. The Balaban J connectivity index is 1.74. The number of nitrogens with zero attached hydrogens (tertiary/aromatic N) is 1. The fourth-order valence-corrected chi connectivity index (χ4v) is 2.19. The van der Waals surface area contributed by atoms with E-state index in [1.807, 2.05) is 36.4 Å². The van der Waals surface area contributed by atoms with Gasteiger partial charge in [-0.05, 0) is 42.8 Å². The minimum atomic E-state index is 0.257. The van der Waals surface area contributed by atoms with E-state index in [0.717, 1.165) is 42.3 Å². The van der Waals surface area contributed by atoms with Gasteiger partial charge < -0.3 is 15.7 Å². The Morgan fingerprint density at radius 3 is 2.60 bits per heavy atom. The summed E-state index contributed by atoms with van der Waals surface area (Å²) in [5, 5.41) is 16.0. The molecule has 20 heavy (non-hydrogen) atoms. The molecule has 0 atom stereocenters. The number of anilines is 2. The van der Waals surface area contributed by atoms with E-state index in [-0.39, 0.29) is 5.75 Å². The normalized spacial score (nSPS) is 14.3. The highest BCUT2D eigenvalue weighted by molar-refractivity contribution is 5.99. The highest BCUT2D eigenvalue weighted by atomic mass is 16.3. The van der Waals surface area contributed by atoms with Gasteiger partial charge >= 0.3 is 0 Å². The molecule has 0 fully saturated rings. The zero-order chi connectivity index (χ0) is 13.8. The average molecular weight is 267 g/mol. The van der Waals surface area contributed by atoms with Crippen molar-refractivity contribution in [2.45, 2.75) is 6.42 Å². The number of amidine groups is 1. The Labute approximate surface area is 118 Å². The van der Waals surface area contributed by atoms with Crippen molar-refractivity contribution >= 4 is 17.2 Å². The molecule has 1 heterocycles. The van der Waals surface area contributed by atoms with Crippen LogP contribution in [0, 0.1) is 0 Å². The van der Waals surface area contributed by atoms with Crippen molar-refractivity contribution in [3.05, 3.63) is 54.1 Å². The van der Waals surface area contributed by atoms with Gasteiger partial charge in [0.15, 0.2) is 0 Å². The first kappa shape index (κ1) is 12.5. The van der Waals surface area contributed by atoms with E-state index in [4.69, 9.17) is 0 Å². The van der Waals surface area contributed by atoms with Crippen molar-refractivity contribution in [3.63, 3.8) is 0 Å². The van der Waals surface area contributed by atoms with E-state index in [2.05, 4.69) is 15.6 Å². The van der Waals surface area contributed by atoms with Crippen LogP contribution in [0.4, 0.5) is 11.4 Å². The number of phenols is 1. The molecule has 0 bridgehead atoms. The molecular weight excluding hydrogens is 250 g/mol. The summed E-state index contributed by atoms with van der Waals surface area (Å²) in [6.07, 6.45) is 1.10. The van der Waals surface area contributed by atoms with Crippen molar-refractivity contribution in [1.82, 2.24) is 5.32 Å². The zero-order valence-corrected chi connectivity index (χ0v) is 11.1. The Kier molecular flexibility index (Phi) is 3.54. The maximum Gasteiger partial charge on any atom is 0.128 e. The van der Waals surface area contributed by atoms with Crippen molar-refractivity contribution in [3.8, 4) is 5.75 Å². The van der Waals surface area contributed by atoms with Crippen LogP contribution in [0.5, 0.6) is 5.75 Å². The molecule has 2 aromatic carbocycles. The molecule has 3 rings (SSSR count). The van der Waals surface area contributed by atoms with E-state index < -0.39 is 0 Å². The van der Waals surface area contributed by atoms with E-state index in [1.54, 1.807) is 12.1 Å². The van der Waals surface area contributed by atoms with E-state index in [9.17, 15) is 5.11 Å². The van der Waals surface area contributed by atoms with Crippen LogP contribution in [0.3, 0.4) is 0 Å². The van der Waals surface area contributed by atoms with Crippen LogP contribution in [0.2, 0.25) is 0 Å². The van der Waals surface area contributed by atoms with Crippen LogP contribution in [-0.2, 0) is 0 Å². The Morgan fingerprint density at radius 1 is 1.05 bits per heavy atom. The number of benzene rings is 2. The molecule has 0 aliphatic carbocycles. The minimum Gasteiger partial charge on any atom is -0.508 e. The van der Waals surface area contributed by atoms with Gasteiger partial charge in [-0.15, -0.1) is 0 Å². The highest BCUT2D eigenvalue weighted by Gasteiger charge is 2.06. The Morgan fingerprint density at radius 2 is 1.90 bits per heavy atom. The second-order valence-electron chi connectivity index (χ2n) is 4.76. The van der Waals surface area contributed by atoms with Gasteiger partial charge in [-0.3, -0.25) is 4.99 Å². The van der Waals surface area contributed by atoms with Crippen LogP contribution >= 0.6 is 0 Å². The van der Waals surface area contributed by atoms with Crippen molar-refractivity contribution in [2.24, 2.45) is 4.99 Å². The summed E-state index contributed by atoms with van der Waals surface area (Å²) in [5.41, 5.74) is 2.95. The summed E-state index contributed by atoms with van der Waals surface area (Å²) in [7, 11) is 0. The number of aliphatic imine (C=N–C) groups is 1. The second kappa shape index (κ2) is 5.65. The van der Waals surface area contributed by atoms with Crippen LogP contribution in [0.1, 0.15) is 12.0 Å². The number of hydrogen-bond donors (Lipinski definition) is 3. The molecule has 2 aromatic rings. The number of rotatable bonds is 3. The molecule has 0 amide bonds. The molecule has 102 valence electrons. The molecule has 1 aliphatic rings. The molecular formula is C16H17N3O. The van der Waals surface area contributed by atoms with Crippen molar-refractivity contribution in [2.75, 3.05) is 18.4 Å². The SMILES string of the molecule is Oc1cccc(Nc2ccc(C3=NCCCN3)cc2)c1. The molecule has 1 aliphatic heterocycles. The maximum atomic E-state index is 9.44. The third-order valence-electron chi connectivity index (χ3n) is 3.19. The van der Waals surface area contributed by atoms with Gasteiger partial charge in [-0.25, -0.2) is 0 Å². The average Bonchev–Trinajstić information content (AvgIpc) is 2.49. The predicted molar refractivity (Wildman–Crippen MR) is 81.9 cm³/mol. The van der Waals surface area contributed by atoms with Crippen LogP contribution in [-0.4, -0.2) is 24.0 Å². The van der Waals surface area contributed by atoms with Crippen molar-refractivity contribution < 1.29 is 5.11 Å². The third-order valence-corrected chi connectivity index (χ3v) is 3.19. The zero-order valence-electron chi connectivity index (χ0n) is 11.1. The van der Waals surface area contributed by atoms with Gasteiger partial charge in [0.2, 0.25) is 0 Å². The quantitative estimate of drug-likeness (QED) is 0.801. The van der Waals surface area contributed by atoms with E-state index in [0.29, 0.717) is 0 Å². The summed E-state index contributed by atoms with van der Waals surface area (Å²) >= 11 is 0. The summed E-state index contributed by atoms with van der Waals surface area (Å²) in [5.74, 6) is 1.23. The summed E-state index contributed by atoms with van der Waals surface area (Å²) in [6.45, 7) is 1.88. The summed E-state index contributed by atoms with van der Waals surface area (Å²) in [4.78, 5) is 4.48. The van der Waals surface area contributed by atoms with E-state index >= 15 is 0 Å². The van der Waals surface area contributed by atoms with Gasteiger partial charge in [-0.2, -0.15) is 0 Å². The van der Waals surface area contributed by atoms with Crippen LogP contribution in [0.25, 0.3) is 0 Å². The lowest BCUT2D eigenvalue weighted by atomic mass is 10.1. The Hall–Kier alpha value is -2.49. The number of phenolic OH excluding ortho intramolecular Hbond substituents is 1. The lowest BCUT2D eigenvalue weighted by Crippen LogP contribution is -2.30. The fraction of sp³-hybridized carbons (Fsp3) is 0.188. The lowest BCUT2D eigenvalue weighted by Gasteiger charge is -2.15. The predicted octanol–water partition coefficient (Wildman–Crippen LogP) is 2.88. The summed E-state index contributed by atoms with van der Waals surface area (Å²) < 4.78 is 0. The standard InChI is InChI=1S/C16H17N3O/c20-15-4-1-3-14(11-15)19-13-7-5-12(6-8-13)16-17-9-2-10-18-16/h1,3-8,11,19-20H,2,9-10H2,(H,17,18).